The van der Waals surface area contributed by atoms with Crippen LogP contribution >= 0.6 is 0 Å². The molecule has 0 saturated heterocycles. The number of fused-ring (bicyclic) bond motifs is 1. The second-order valence-corrected chi connectivity index (χ2v) is 5.24. The number of aromatic hydroxyl groups is 1. The van der Waals surface area contributed by atoms with Gasteiger partial charge in [0.2, 0.25) is 0 Å². The molecule has 0 radical (unpaired) electrons. The van der Waals surface area contributed by atoms with Crippen molar-refractivity contribution in [2.45, 2.75) is 25.3 Å². The number of phenolic OH excluding ortho intramolecular Hbond substituents is 1. The maximum atomic E-state index is 9.83. The molecule has 1 aromatic rings. The molecular formula is C14H19NO2. The van der Waals surface area contributed by atoms with Crippen molar-refractivity contribution >= 4 is 0 Å². The Hall–Kier alpha value is -1.22. The number of likely N-dealkylation sites (N-methyl/N-ethyl adjacent to an activating group) is 1. The second kappa shape index (κ2) is 3.91. The summed E-state index contributed by atoms with van der Waals surface area (Å²) in [6.45, 7) is 1.08. The van der Waals surface area contributed by atoms with E-state index >= 15 is 0 Å². The summed E-state index contributed by atoms with van der Waals surface area (Å²) in [5, 5.41) is 9.83. The number of phenols is 1. The number of methoxy groups -OCH3 is 1. The third-order valence-electron chi connectivity index (χ3n) is 4.04. The molecule has 1 aliphatic carbocycles. The third-order valence-corrected chi connectivity index (χ3v) is 4.04. The van der Waals surface area contributed by atoms with Crippen LogP contribution in [-0.4, -0.2) is 30.7 Å². The second-order valence-electron chi connectivity index (χ2n) is 5.24. The first kappa shape index (κ1) is 10.9. The summed E-state index contributed by atoms with van der Waals surface area (Å²) in [4.78, 5) is 2.44. The SMILES string of the molecule is COc1cc2c(cc1O)CCN(C)C2C1CC1. The highest BCUT2D eigenvalue weighted by Crippen LogP contribution is 2.48. The number of rotatable bonds is 2. The van der Waals surface area contributed by atoms with Gasteiger partial charge < -0.3 is 9.84 Å². The van der Waals surface area contributed by atoms with Gasteiger partial charge in [-0.1, -0.05) is 0 Å². The molecule has 1 heterocycles. The lowest BCUT2D eigenvalue weighted by molar-refractivity contribution is 0.206. The predicted octanol–water partition coefficient (Wildman–Crippen LogP) is 2.34. The fraction of sp³-hybridized carbons (Fsp3) is 0.571. The summed E-state index contributed by atoms with van der Waals surface area (Å²) in [5.74, 6) is 1.67. The maximum Gasteiger partial charge on any atom is 0.160 e. The lowest BCUT2D eigenvalue weighted by Crippen LogP contribution is -2.33. The molecule has 0 amide bonds. The maximum absolute atomic E-state index is 9.83. The van der Waals surface area contributed by atoms with Gasteiger partial charge in [0.1, 0.15) is 0 Å². The average molecular weight is 233 g/mol. The van der Waals surface area contributed by atoms with Gasteiger partial charge in [-0.05, 0) is 55.5 Å². The van der Waals surface area contributed by atoms with Crippen molar-refractivity contribution in [2.24, 2.45) is 5.92 Å². The first-order valence-electron chi connectivity index (χ1n) is 6.30. The smallest absolute Gasteiger partial charge is 0.160 e. The van der Waals surface area contributed by atoms with Gasteiger partial charge >= 0.3 is 0 Å². The molecule has 1 N–H and O–H groups in total. The summed E-state index contributed by atoms with van der Waals surface area (Å²) in [6, 6.07) is 4.44. The van der Waals surface area contributed by atoms with E-state index in [9.17, 15) is 5.11 Å². The Bertz CT molecular complexity index is 440. The predicted molar refractivity (Wildman–Crippen MR) is 66.5 cm³/mol. The standard InChI is InChI=1S/C14H19NO2/c1-15-6-5-10-7-12(16)13(17-2)8-11(10)14(15)9-3-4-9/h7-9,14,16H,3-6H2,1-2H3. The molecule has 92 valence electrons. The number of nitrogens with zero attached hydrogens (tertiary/aromatic N) is 1. The van der Waals surface area contributed by atoms with Gasteiger partial charge in [-0.25, -0.2) is 0 Å². The summed E-state index contributed by atoms with van der Waals surface area (Å²) in [5.41, 5.74) is 2.65. The largest absolute Gasteiger partial charge is 0.504 e. The number of hydrogen-bond donors (Lipinski definition) is 1. The van der Waals surface area contributed by atoms with E-state index in [4.69, 9.17) is 4.74 Å². The molecule has 1 atom stereocenters. The van der Waals surface area contributed by atoms with Gasteiger partial charge in [-0.2, -0.15) is 0 Å². The molecule has 0 bridgehead atoms. The minimum atomic E-state index is 0.269. The Labute approximate surface area is 102 Å². The van der Waals surface area contributed by atoms with Gasteiger partial charge in [0, 0.05) is 12.6 Å². The van der Waals surface area contributed by atoms with Crippen LogP contribution in [0, 0.1) is 5.92 Å². The quantitative estimate of drug-likeness (QED) is 0.851. The van der Waals surface area contributed by atoms with Crippen molar-refractivity contribution in [1.29, 1.82) is 0 Å². The van der Waals surface area contributed by atoms with Gasteiger partial charge in [-0.3, -0.25) is 4.90 Å². The number of hydrogen-bond acceptors (Lipinski definition) is 3. The van der Waals surface area contributed by atoms with E-state index in [1.54, 1.807) is 7.11 Å². The number of ether oxygens (including phenoxy) is 1. The van der Waals surface area contributed by atoms with Crippen LogP contribution in [-0.2, 0) is 6.42 Å². The van der Waals surface area contributed by atoms with Crippen LogP contribution < -0.4 is 4.74 Å². The molecule has 3 rings (SSSR count). The molecule has 17 heavy (non-hydrogen) atoms. The first-order valence-corrected chi connectivity index (χ1v) is 6.30. The molecule has 2 aliphatic rings. The molecule has 1 aromatic carbocycles. The van der Waals surface area contributed by atoms with E-state index in [2.05, 4.69) is 11.9 Å². The van der Waals surface area contributed by atoms with Crippen LogP contribution in [0.2, 0.25) is 0 Å². The zero-order valence-electron chi connectivity index (χ0n) is 10.4. The van der Waals surface area contributed by atoms with Crippen molar-refractivity contribution in [3.8, 4) is 11.5 Å². The normalized spacial score (nSPS) is 24.5. The lowest BCUT2D eigenvalue weighted by Gasteiger charge is -2.35. The molecular weight excluding hydrogens is 214 g/mol. The summed E-state index contributed by atoms with van der Waals surface area (Å²) in [7, 11) is 3.81. The molecule has 0 spiro atoms. The summed E-state index contributed by atoms with van der Waals surface area (Å²) >= 11 is 0. The van der Waals surface area contributed by atoms with Crippen LogP contribution in [0.15, 0.2) is 12.1 Å². The molecule has 1 saturated carbocycles. The van der Waals surface area contributed by atoms with E-state index in [-0.39, 0.29) is 5.75 Å². The molecule has 1 fully saturated rings. The number of benzene rings is 1. The van der Waals surface area contributed by atoms with Crippen molar-refractivity contribution in [3.63, 3.8) is 0 Å². The topological polar surface area (TPSA) is 32.7 Å². The van der Waals surface area contributed by atoms with Gasteiger partial charge in [0.15, 0.2) is 11.5 Å². The van der Waals surface area contributed by atoms with E-state index in [1.807, 2.05) is 12.1 Å². The Balaban J connectivity index is 2.06. The van der Waals surface area contributed by atoms with Crippen LogP contribution in [0.5, 0.6) is 11.5 Å². The lowest BCUT2D eigenvalue weighted by atomic mass is 9.89. The zero-order valence-corrected chi connectivity index (χ0v) is 10.4. The molecule has 0 aromatic heterocycles. The van der Waals surface area contributed by atoms with Crippen LogP contribution in [0.4, 0.5) is 0 Å². The minimum absolute atomic E-state index is 0.269. The van der Waals surface area contributed by atoms with Gasteiger partial charge in [0.25, 0.3) is 0 Å². The summed E-state index contributed by atoms with van der Waals surface area (Å²) < 4.78 is 5.23. The fourth-order valence-corrected chi connectivity index (χ4v) is 2.98. The third kappa shape index (κ3) is 1.78. The van der Waals surface area contributed by atoms with Gasteiger partial charge in [0.05, 0.1) is 7.11 Å². The Morgan fingerprint density at radius 2 is 2.12 bits per heavy atom. The van der Waals surface area contributed by atoms with Crippen LogP contribution in [0.1, 0.15) is 30.0 Å². The zero-order chi connectivity index (χ0) is 12.0. The average Bonchev–Trinajstić information content (AvgIpc) is 3.12. The van der Waals surface area contributed by atoms with Crippen molar-refractivity contribution in [3.05, 3.63) is 23.3 Å². The highest BCUT2D eigenvalue weighted by molar-refractivity contribution is 5.49. The Morgan fingerprint density at radius 3 is 2.76 bits per heavy atom. The van der Waals surface area contributed by atoms with E-state index in [0.717, 1.165) is 18.9 Å². The summed E-state index contributed by atoms with van der Waals surface area (Å²) in [6.07, 6.45) is 3.68. The highest BCUT2D eigenvalue weighted by Gasteiger charge is 2.38. The van der Waals surface area contributed by atoms with E-state index in [0.29, 0.717) is 11.8 Å². The van der Waals surface area contributed by atoms with Crippen molar-refractivity contribution in [2.75, 3.05) is 20.7 Å². The van der Waals surface area contributed by atoms with Crippen molar-refractivity contribution < 1.29 is 9.84 Å². The minimum Gasteiger partial charge on any atom is -0.504 e. The molecule has 3 heteroatoms. The Morgan fingerprint density at radius 1 is 1.35 bits per heavy atom. The molecule has 1 aliphatic heterocycles. The molecule has 3 nitrogen and oxygen atoms in total. The fourth-order valence-electron chi connectivity index (χ4n) is 2.98. The van der Waals surface area contributed by atoms with E-state index in [1.165, 1.54) is 24.0 Å². The monoisotopic (exact) mass is 233 g/mol. The Kier molecular flexibility index (Phi) is 2.51. The highest BCUT2D eigenvalue weighted by atomic mass is 16.5. The van der Waals surface area contributed by atoms with Gasteiger partial charge in [-0.15, -0.1) is 0 Å². The van der Waals surface area contributed by atoms with Crippen LogP contribution in [0.25, 0.3) is 0 Å². The van der Waals surface area contributed by atoms with Crippen LogP contribution in [0.3, 0.4) is 0 Å². The van der Waals surface area contributed by atoms with Crippen molar-refractivity contribution in [1.82, 2.24) is 4.90 Å². The molecule has 1 unspecified atom stereocenters. The first-order chi connectivity index (χ1) is 8.20. The van der Waals surface area contributed by atoms with E-state index < -0.39 is 0 Å².